The van der Waals surface area contributed by atoms with Crippen LogP contribution < -0.4 is 5.32 Å². The summed E-state index contributed by atoms with van der Waals surface area (Å²) in [6.45, 7) is 3.30. The molecule has 0 spiro atoms. The molecule has 2 heterocycles. The van der Waals surface area contributed by atoms with E-state index in [0.29, 0.717) is 5.54 Å². The lowest BCUT2D eigenvalue weighted by Gasteiger charge is -2.32. The summed E-state index contributed by atoms with van der Waals surface area (Å²) in [5, 5.41) is 3.13. The zero-order chi connectivity index (χ0) is 14.7. The van der Waals surface area contributed by atoms with Crippen molar-refractivity contribution in [2.45, 2.75) is 42.5 Å². The van der Waals surface area contributed by atoms with Gasteiger partial charge in [0, 0.05) is 17.0 Å². The molecule has 114 valence electrons. The lowest BCUT2D eigenvalue weighted by molar-refractivity contribution is 0.0940. The van der Waals surface area contributed by atoms with Gasteiger partial charge in [0.25, 0.3) is 5.91 Å². The van der Waals surface area contributed by atoms with Crippen LogP contribution in [0.15, 0.2) is 29.2 Å². The van der Waals surface area contributed by atoms with E-state index >= 15 is 0 Å². The van der Waals surface area contributed by atoms with Crippen LogP contribution in [0, 0.1) is 0 Å². The minimum atomic E-state index is 0.0684. The minimum Gasteiger partial charge on any atom is -0.352 e. The van der Waals surface area contributed by atoms with E-state index in [2.05, 4.69) is 10.2 Å². The molecule has 21 heavy (non-hydrogen) atoms. The molecule has 0 aromatic heterocycles. The van der Waals surface area contributed by atoms with Crippen molar-refractivity contribution in [3.05, 3.63) is 29.8 Å². The van der Waals surface area contributed by atoms with Crippen molar-refractivity contribution in [3.8, 4) is 0 Å². The molecule has 0 unspecified atom stereocenters. The first-order valence-electron chi connectivity index (χ1n) is 7.91. The highest BCUT2D eigenvalue weighted by Gasteiger charge is 2.43. The second-order valence-electron chi connectivity index (χ2n) is 6.12. The molecule has 0 atom stereocenters. The van der Waals surface area contributed by atoms with Gasteiger partial charge in [0.2, 0.25) is 0 Å². The van der Waals surface area contributed by atoms with Crippen LogP contribution >= 0.6 is 11.8 Å². The minimum absolute atomic E-state index is 0.0684. The first kappa shape index (κ1) is 14.9. The molecule has 2 fully saturated rings. The van der Waals surface area contributed by atoms with E-state index in [4.69, 9.17) is 0 Å². The molecule has 0 bridgehead atoms. The first-order chi connectivity index (χ1) is 10.2. The summed E-state index contributed by atoms with van der Waals surface area (Å²) >= 11 is 1.63. The third kappa shape index (κ3) is 2.97. The molecule has 4 heteroatoms. The van der Waals surface area contributed by atoms with E-state index in [0.717, 1.165) is 23.4 Å². The third-order valence-corrected chi connectivity index (χ3v) is 5.83. The maximum absolute atomic E-state index is 12.3. The average molecular weight is 304 g/mol. The number of fused-ring (bicyclic) bond motifs is 1. The Morgan fingerprint density at radius 1 is 1.29 bits per heavy atom. The number of hydrogen-bond acceptors (Lipinski definition) is 3. The summed E-state index contributed by atoms with van der Waals surface area (Å²) in [5.74, 6) is 0.0684. The number of carbonyl (C=O) groups excluding carboxylic acids is 1. The van der Waals surface area contributed by atoms with E-state index in [9.17, 15) is 4.79 Å². The number of carbonyl (C=O) groups is 1. The topological polar surface area (TPSA) is 32.3 Å². The van der Waals surface area contributed by atoms with E-state index < -0.39 is 0 Å². The maximum atomic E-state index is 12.3. The van der Waals surface area contributed by atoms with Crippen molar-refractivity contribution in [1.82, 2.24) is 10.2 Å². The van der Waals surface area contributed by atoms with Crippen LogP contribution in [0.5, 0.6) is 0 Å². The van der Waals surface area contributed by atoms with Crippen LogP contribution in [-0.4, -0.2) is 42.2 Å². The summed E-state index contributed by atoms with van der Waals surface area (Å²) in [6, 6.07) is 7.84. The highest BCUT2D eigenvalue weighted by Crippen LogP contribution is 2.40. The lowest BCUT2D eigenvalue weighted by atomic mass is 9.90. The predicted molar refractivity (Wildman–Crippen MR) is 87.9 cm³/mol. The van der Waals surface area contributed by atoms with Gasteiger partial charge in [-0.3, -0.25) is 9.69 Å². The van der Waals surface area contributed by atoms with Crippen molar-refractivity contribution < 1.29 is 4.79 Å². The number of nitrogens with one attached hydrogen (secondary N) is 1. The van der Waals surface area contributed by atoms with Crippen LogP contribution in [0.3, 0.4) is 0 Å². The van der Waals surface area contributed by atoms with Crippen LogP contribution in [0.1, 0.15) is 42.5 Å². The van der Waals surface area contributed by atoms with Gasteiger partial charge >= 0.3 is 0 Å². The predicted octanol–water partition coefficient (Wildman–Crippen LogP) is 3.16. The smallest absolute Gasteiger partial charge is 0.252 e. The van der Waals surface area contributed by atoms with Gasteiger partial charge in [-0.1, -0.05) is 12.1 Å². The van der Waals surface area contributed by atoms with Gasteiger partial charge < -0.3 is 5.32 Å². The molecule has 0 radical (unpaired) electrons. The van der Waals surface area contributed by atoms with Gasteiger partial charge in [-0.05, 0) is 63.6 Å². The standard InChI is InChI=1S/C17H24N2OS/c1-21-15-7-3-2-6-14(15)16(20)18-11-10-17-8-4-12-19(17)13-5-9-17/h2-3,6-7H,4-5,8-13H2,1H3,(H,18,20). The summed E-state index contributed by atoms with van der Waals surface area (Å²) in [5.41, 5.74) is 1.20. The van der Waals surface area contributed by atoms with Gasteiger partial charge in [-0.15, -0.1) is 11.8 Å². The summed E-state index contributed by atoms with van der Waals surface area (Å²) in [6.07, 6.45) is 8.38. The molecule has 2 aliphatic heterocycles. The first-order valence-corrected chi connectivity index (χ1v) is 9.14. The number of nitrogens with zero attached hydrogens (tertiary/aromatic N) is 1. The molecular weight excluding hydrogens is 280 g/mol. The fourth-order valence-electron chi connectivity index (χ4n) is 3.97. The highest BCUT2D eigenvalue weighted by atomic mass is 32.2. The number of rotatable bonds is 5. The zero-order valence-corrected chi connectivity index (χ0v) is 13.5. The van der Waals surface area contributed by atoms with Crippen LogP contribution in [0.4, 0.5) is 0 Å². The molecular formula is C17H24N2OS. The van der Waals surface area contributed by atoms with Gasteiger partial charge in [0.15, 0.2) is 0 Å². The molecule has 1 aromatic carbocycles. The molecule has 2 aliphatic rings. The average Bonchev–Trinajstić information content (AvgIpc) is 3.06. The Balaban J connectivity index is 1.57. The molecule has 1 amide bonds. The molecule has 1 aromatic rings. The molecule has 1 N–H and O–H groups in total. The molecule has 0 aliphatic carbocycles. The molecule has 3 rings (SSSR count). The zero-order valence-electron chi connectivity index (χ0n) is 12.7. The summed E-state index contributed by atoms with van der Waals surface area (Å²) in [7, 11) is 0. The second-order valence-corrected chi connectivity index (χ2v) is 6.97. The van der Waals surface area contributed by atoms with Crippen LogP contribution in [0.2, 0.25) is 0 Å². The highest BCUT2D eigenvalue weighted by molar-refractivity contribution is 7.98. The summed E-state index contributed by atoms with van der Waals surface area (Å²) < 4.78 is 0. The third-order valence-electron chi connectivity index (χ3n) is 5.04. The quantitative estimate of drug-likeness (QED) is 0.848. The Hall–Kier alpha value is -1.00. The van der Waals surface area contributed by atoms with Gasteiger partial charge in [0.05, 0.1) is 5.56 Å². The number of amides is 1. The van der Waals surface area contributed by atoms with Crippen LogP contribution in [-0.2, 0) is 0 Å². The normalized spacial score (nSPS) is 20.4. The van der Waals surface area contributed by atoms with Gasteiger partial charge in [-0.2, -0.15) is 0 Å². The lowest BCUT2D eigenvalue weighted by Crippen LogP contribution is -2.41. The monoisotopic (exact) mass is 304 g/mol. The Kier molecular flexibility index (Phi) is 4.55. The van der Waals surface area contributed by atoms with Crippen molar-refractivity contribution in [2.24, 2.45) is 0 Å². The molecule has 0 saturated carbocycles. The van der Waals surface area contributed by atoms with E-state index in [1.165, 1.54) is 38.8 Å². The number of hydrogen-bond donors (Lipinski definition) is 1. The second kappa shape index (κ2) is 6.41. The van der Waals surface area contributed by atoms with Gasteiger partial charge in [0.1, 0.15) is 0 Å². The molecule has 2 saturated heterocycles. The SMILES string of the molecule is CSc1ccccc1C(=O)NCCC12CCCN1CCC2. The van der Waals surface area contributed by atoms with E-state index in [-0.39, 0.29) is 5.91 Å². The van der Waals surface area contributed by atoms with Crippen molar-refractivity contribution in [1.29, 1.82) is 0 Å². The van der Waals surface area contributed by atoms with Crippen LogP contribution in [0.25, 0.3) is 0 Å². The number of thioether (sulfide) groups is 1. The summed E-state index contributed by atoms with van der Waals surface area (Å²) in [4.78, 5) is 16.1. The van der Waals surface area contributed by atoms with Crippen molar-refractivity contribution in [2.75, 3.05) is 25.9 Å². The maximum Gasteiger partial charge on any atom is 0.252 e. The fourth-order valence-corrected chi connectivity index (χ4v) is 4.56. The number of benzene rings is 1. The Bertz CT molecular complexity index is 507. The largest absolute Gasteiger partial charge is 0.352 e. The Labute approximate surface area is 131 Å². The van der Waals surface area contributed by atoms with Gasteiger partial charge in [-0.25, -0.2) is 0 Å². The Morgan fingerprint density at radius 3 is 2.71 bits per heavy atom. The fraction of sp³-hybridized carbons (Fsp3) is 0.588. The van der Waals surface area contributed by atoms with Crippen molar-refractivity contribution in [3.63, 3.8) is 0 Å². The molecule has 3 nitrogen and oxygen atoms in total. The Morgan fingerprint density at radius 2 is 2.00 bits per heavy atom. The van der Waals surface area contributed by atoms with Crippen molar-refractivity contribution >= 4 is 17.7 Å². The van der Waals surface area contributed by atoms with E-state index in [1.807, 2.05) is 30.5 Å². The van der Waals surface area contributed by atoms with E-state index in [1.54, 1.807) is 11.8 Å².